The maximum absolute atomic E-state index is 11.3. The van der Waals surface area contributed by atoms with E-state index in [4.69, 9.17) is 9.72 Å². The first-order valence-corrected chi connectivity index (χ1v) is 9.36. The quantitative estimate of drug-likeness (QED) is 0.538. The molecule has 0 spiro atoms. The summed E-state index contributed by atoms with van der Waals surface area (Å²) < 4.78 is 9.13. The fourth-order valence-electron chi connectivity index (χ4n) is 3.57. The zero-order chi connectivity index (χ0) is 20.0. The van der Waals surface area contributed by atoms with Crippen LogP contribution in [0.3, 0.4) is 0 Å². The number of aromatic nitrogens is 7. The van der Waals surface area contributed by atoms with E-state index in [-0.39, 0.29) is 5.91 Å². The molecule has 0 saturated heterocycles. The Morgan fingerprint density at radius 2 is 2.17 bits per heavy atom. The number of aromatic amines is 1. The average molecular weight is 392 g/mol. The molecule has 1 saturated carbocycles. The molecule has 10 heteroatoms. The van der Waals surface area contributed by atoms with Crippen LogP contribution in [0.4, 0.5) is 5.82 Å². The van der Waals surface area contributed by atoms with Crippen molar-refractivity contribution in [2.24, 2.45) is 0 Å². The molecule has 10 nitrogen and oxygen atoms in total. The molecule has 1 aliphatic rings. The van der Waals surface area contributed by atoms with E-state index >= 15 is 0 Å². The maximum atomic E-state index is 11.3. The van der Waals surface area contributed by atoms with Gasteiger partial charge in [-0.05, 0) is 18.9 Å². The fourth-order valence-corrected chi connectivity index (χ4v) is 3.57. The minimum absolute atomic E-state index is 0.182. The van der Waals surface area contributed by atoms with E-state index in [1.807, 2.05) is 29.3 Å². The van der Waals surface area contributed by atoms with E-state index < -0.39 is 0 Å². The van der Waals surface area contributed by atoms with Crippen molar-refractivity contribution >= 4 is 17.2 Å². The van der Waals surface area contributed by atoms with Crippen molar-refractivity contribution in [3.05, 3.63) is 36.9 Å². The van der Waals surface area contributed by atoms with Gasteiger partial charge in [-0.1, -0.05) is 0 Å². The number of carbonyl (C=O) groups excluding carboxylic acids is 1. The van der Waals surface area contributed by atoms with Crippen molar-refractivity contribution in [3.8, 4) is 22.6 Å². The Balaban J connectivity index is 1.51. The smallest absolute Gasteiger partial charge is 0.222 e. The number of nitrogens with one attached hydrogen (secondary N) is 2. The fraction of sp³-hybridized carbons (Fsp3) is 0.316. The molecular weight excluding hydrogens is 372 g/mol. The number of H-pyrrole nitrogens is 1. The normalized spacial score (nSPS) is 18.7. The highest BCUT2D eigenvalue weighted by Crippen LogP contribution is 2.35. The number of hydrogen-bond donors (Lipinski definition) is 2. The second-order valence-electron chi connectivity index (χ2n) is 7.18. The van der Waals surface area contributed by atoms with Crippen LogP contribution in [0.25, 0.3) is 28.2 Å². The number of anilines is 1. The van der Waals surface area contributed by atoms with Gasteiger partial charge in [0.25, 0.3) is 0 Å². The lowest BCUT2D eigenvalue weighted by molar-refractivity contribution is -0.114. The molecule has 4 aromatic rings. The number of hydrogen-bond acceptors (Lipinski definition) is 6. The zero-order valence-corrected chi connectivity index (χ0v) is 16.0. The highest BCUT2D eigenvalue weighted by molar-refractivity contribution is 5.88. The first kappa shape index (κ1) is 17.6. The molecule has 29 heavy (non-hydrogen) atoms. The van der Waals surface area contributed by atoms with Crippen LogP contribution in [0.2, 0.25) is 0 Å². The molecule has 2 N–H and O–H groups in total. The van der Waals surface area contributed by atoms with Gasteiger partial charge in [-0.3, -0.25) is 14.6 Å². The van der Waals surface area contributed by atoms with Crippen LogP contribution in [0, 0.1) is 0 Å². The van der Waals surface area contributed by atoms with Crippen molar-refractivity contribution in [2.45, 2.75) is 31.9 Å². The molecule has 4 aromatic heterocycles. The van der Waals surface area contributed by atoms with Crippen LogP contribution in [0.15, 0.2) is 36.9 Å². The second kappa shape index (κ2) is 6.82. The van der Waals surface area contributed by atoms with Crippen molar-refractivity contribution in [1.82, 2.24) is 34.6 Å². The third-order valence-electron chi connectivity index (χ3n) is 5.20. The average Bonchev–Trinajstić information content (AvgIpc) is 3.40. The molecule has 1 amide bonds. The number of nitrogens with zero attached hydrogens (tertiary/aromatic N) is 6. The van der Waals surface area contributed by atoms with Gasteiger partial charge in [0, 0.05) is 31.9 Å². The van der Waals surface area contributed by atoms with Gasteiger partial charge < -0.3 is 10.1 Å². The molecule has 5 rings (SSSR count). The summed E-state index contributed by atoms with van der Waals surface area (Å²) in [6.07, 6.45) is 9.65. The van der Waals surface area contributed by atoms with Gasteiger partial charge in [-0.2, -0.15) is 15.3 Å². The molecule has 0 atom stereocenters. The number of rotatable bonds is 5. The molecule has 0 bridgehead atoms. The topological polar surface area (TPSA) is 115 Å². The Hall–Kier alpha value is -3.53. The highest BCUT2D eigenvalue weighted by Gasteiger charge is 2.31. The highest BCUT2D eigenvalue weighted by atomic mass is 16.5. The summed E-state index contributed by atoms with van der Waals surface area (Å²) in [4.78, 5) is 16.1. The first-order chi connectivity index (χ1) is 14.1. The van der Waals surface area contributed by atoms with Crippen molar-refractivity contribution in [3.63, 3.8) is 0 Å². The lowest BCUT2D eigenvalue weighted by atomic mass is 9.89. The van der Waals surface area contributed by atoms with Gasteiger partial charge in [-0.25, -0.2) is 9.50 Å². The van der Waals surface area contributed by atoms with Crippen LogP contribution < -0.4 is 5.32 Å². The van der Waals surface area contributed by atoms with E-state index in [1.165, 1.54) is 6.92 Å². The molecule has 0 aliphatic heterocycles. The standard InChI is InChI=1S/C19H20N8O2/c1-11(28)22-18-7-15(24-25-18)16-10-27-17(3-4-20-27)19(23-16)12-8-21-26(9-12)13-5-14(6-13)29-2/h3-4,7-10,13-14H,5-6H2,1-2H3,(H2,22,24,25,28). The number of ether oxygens (including phenoxy) is 1. The third-order valence-corrected chi connectivity index (χ3v) is 5.20. The van der Waals surface area contributed by atoms with E-state index in [9.17, 15) is 4.79 Å². The van der Waals surface area contributed by atoms with Gasteiger partial charge in [-0.15, -0.1) is 0 Å². The predicted molar refractivity (Wildman–Crippen MR) is 105 cm³/mol. The van der Waals surface area contributed by atoms with Crippen molar-refractivity contribution in [2.75, 3.05) is 12.4 Å². The van der Waals surface area contributed by atoms with Crippen LogP contribution in [0.1, 0.15) is 25.8 Å². The Kier molecular flexibility index (Phi) is 4.13. The molecule has 1 fully saturated rings. The van der Waals surface area contributed by atoms with E-state index in [0.29, 0.717) is 29.4 Å². The summed E-state index contributed by atoms with van der Waals surface area (Å²) in [6.45, 7) is 1.44. The largest absolute Gasteiger partial charge is 0.381 e. The Bertz CT molecular complexity index is 1180. The molecule has 0 unspecified atom stereocenters. The number of fused-ring (bicyclic) bond motifs is 1. The first-order valence-electron chi connectivity index (χ1n) is 9.36. The minimum Gasteiger partial charge on any atom is -0.381 e. The summed E-state index contributed by atoms with van der Waals surface area (Å²) in [6, 6.07) is 4.01. The van der Waals surface area contributed by atoms with E-state index in [0.717, 1.165) is 29.6 Å². The predicted octanol–water partition coefficient (Wildman–Crippen LogP) is 2.29. The molecule has 0 aromatic carbocycles. The van der Waals surface area contributed by atoms with Gasteiger partial charge in [0.1, 0.15) is 5.69 Å². The summed E-state index contributed by atoms with van der Waals surface area (Å²) in [7, 11) is 1.74. The van der Waals surface area contributed by atoms with E-state index in [2.05, 4.69) is 25.7 Å². The summed E-state index contributed by atoms with van der Waals surface area (Å²) in [5.41, 5.74) is 3.93. The Morgan fingerprint density at radius 3 is 2.97 bits per heavy atom. The Morgan fingerprint density at radius 1 is 1.31 bits per heavy atom. The van der Waals surface area contributed by atoms with E-state index in [1.54, 1.807) is 23.9 Å². The van der Waals surface area contributed by atoms with Gasteiger partial charge in [0.15, 0.2) is 5.82 Å². The summed E-state index contributed by atoms with van der Waals surface area (Å²) >= 11 is 0. The molecule has 4 heterocycles. The van der Waals surface area contributed by atoms with Crippen LogP contribution in [0.5, 0.6) is 0 Å². The summed E-state index contributed by atoms with van der Waals surface area (Å²) in [5, 5.41) is 18.6. The minimum atomic E-state index is -0.182. The number of methoxy groups -OCH3 is 1. The van der Waals surface area contributed by atoms with Crippen LogP contribution in [-0.2, 0) is 9.53 Å². The van der Waals surface area contributed by atoms with Gasteiger partial charge >= 0.3 is 0 Å². The second-order valence-corrected chi connectivity index (χ2v) is 7.18. The van der Waals surface area contributed by atoms with Gasteiger partial charge in [0.05, 0.1) is 47.6 Å². The zero-order valence-electron chi connectivity index (χ0n) is 16.0. The molecular formula is C19H20N8O2. The van der Waals surface area contributed by atoms with Crippen molar-refractivity contribution in [1.29, 1.82) is 0 Å². The SMILES string of the molecule is COC1CC(n2cc(-c3nc(-c4cc(NC(C)=O)n[nH]4)cn4nccc34)cn2)C1. The van der Waals surface area contributed by atoms with Crippen LogP contribution in [-0.4, -0.2) is 53.7 Å². The van der Waals surface area contributed by atoms with Gasteiger partial charge in [0.2, 0.25) is 5.91 Å². The van der Waals surface area contributed by atoms with Crippen LogP contribution >= 0.6 is 0 Å². The third kappa shape index (κ3) is 3.17. The lowest BCUT2D eigenvalue weighted by Crippen LogP contribution is -2.32. The lowest BCUT2D eigenvalue weighted by Gasteiger charge is -2.34. The molecule has 1 aliphatic carbocycles. The monoisotopic (exact) mass is 392 g/mol. The molecule has 0 radical (unpaired) electrons. The Labute approximate surface area is 165 Å². The summed E-state index contributed by atoms with van der Waals surface area (Å²) in [5.74, 6) is 0.264. The maximum Gasteiger partial charge on any atom is 0.222 e. The number of amides is 1. The van der Waals surface area contributed by atoms with Crippen molar-refractivity contribution < 1.29 is 9.53 Å². The molecule has 148 valence electrons. The number of carbonyl (C=O) groups is 1.